The summed E-state index contributed by atoms with van der Waals surface area (Å²) in [6.07, 6.45) is 0. The first kappa shape index (κ1) is 10.7. The molecule has 0 saturated heterocycles. The Balaban J connectivity index is 2.85. The lowest BCUT2D eigenvalue weighted by Gasteiger charge is -2.05. The molecule has 1 nitrogen and oxygen atoms in total. The fourth-order valence-corrected chi connectivity index (χ4v) is 1.53. The van der Waals surface area contributed by atoms with E-state index in [0.29, 0.717) is 0 Å². The number of ketones is 1. The van der Waals surface area contributed by atoms with Crippen LogP contribution in [0.5, 0.6) is 0 Å². The highest BCUT2D eigenvalue weighted by molar-refractivity contribution is 9.08. The first-order valence-electron chi connectivity index (χ1n) is 3.94. The van der Waals surface area contributed by atoms with Gasteiger partial charge in [-0.1, -0.05) is 40.2 Å². The van der Waals surface area contributed by atoms with Gasteiger partial charge in [-0.3, -0.25) is 4.79 Å². The monoisotopic (exact) mass is 260 g/mol. The lowest BCUT2D eigenvalue weighted by atomic mass is 10.1. The van der Waals surface area contributed by atoms with Crippen molar-refractivity contribution in [2.75, 3.05) is 0 Å². The quantitative estimate of drug-likeness (QED) is 0.762. The minimum absolute atomic E-state index is 0.0201. The van der Waals surface area contributed by atoms with E-state index >= 15 is 0 Å². The van der Waals surface area contributed by atoms with Crippen LogP contribution in [-0.4, -0.2) is 5.78 Å². The van der Waals surface area contributed by atoms with Crippen molar-refractivity contribution < 1.29 is 4.79 Å². The average molecular weight is 262 g/mol. The first-order valence-corrected chi connectivity index (χ1v) is 5.50. The molecule has 0 amide bonds. The maximum absolute atomic E-state index is 11.0. The number of carbonyl (C=O) groups excluding carboxylic acids is 1. The number of rotatable bonds is 3. The summed E-state index contributed by atoms with van der Waals surface area (Å²) in [7, 11) is 0. The first-order chi connectivity index (χ1) is 6.15. The number of hydrogen-bond donors (Lipinski definition) is 0. The van der Waals surface area contributed by atoms with Gasteiger partial charge >= 0.3 is 0 Å². The molecule has 1 unspecified atom stereocenters. The van der Waals surface area contributed by atoms with Crippen molar-refractivity contribution in [1.82, 2.24) is 0 Å². The number of hydrogen-bond acceptors (Lipinski definition) is 1. The van der Waals surface area contributed by atoms with E-state index in [9.17, 15) is 4.79 Å². The van der Waals surface area contributed by atoms with Gasteiger partial charge in [0.25, 0.3) is 0 Å². The zero-order valence-electron chi connectivity index (χ0n) is 7.26. The largest absolute Gasteiger partial charge is 0.298 e. The molecule has 1 aromatic rings. The van der Waals surface area contributed by atoms with Crippen molar-refractivity contribution >= 4 is 33.3 Å². The molecule has 1 atom stereocenters. The predicted molar refractivity (Wildman–Crippen MR) is 58.3 cm³/mol. The van der Waals surface area contributed by atoms with Crippen molar-refractivity contribution in [1.29, 1.82) is 0 Å². The smallest absolute Gasteiger partial charge is 0.152 e. The normalized spacial score (nSPS) is 12.5. The summed E-state index contributed by atoms with van der Waals surface area (Å²) < 4.78 is 0. The highest BCUT2D eigenvalue weighted by Crippen LogP contribution is 2.21. The molecule has 1 aromatic carbocycles. The van der Waals surface area contributed by atoms with Crippen LogP contribution in [0, 0.1) is 0 Å². The topological polar surface area (TPSA) is 17.1 Å². The maximum atomic E-state index is 11.0. The molecule has 0 aromatic heterocycles. The van der Waals surface area contributed by atoms with E-state index in [-0.39, 0.29) is 5.78 Å². The second-order valence-electron chi connectivity index (χ2n) is 2.85. The Morgan fingerprint density at radius 3 is 2.38 bits per heavy atom. The zero-order valence-corrected chi connectivity index (χ0v) is 9.60. The van der Waals surface area contributed by atoms with E-state index in [1.807, 2.05) is 24.3 Å². The summed E-state index contributed by atoms with van der Waals surface area (Å²) >= 11 is 9.22. The Morgan fingerprint density at radius 1 is 1.46 bits per heavy atom. The highest BCUT2D eigenvalue weighted by atomic mass is 79.9. The third kappa shape index (κ3) is 2.82. The molecule has 0 N–H and O–H groups in total. The molecule has 0 bridgehead atoms. The molecular formula is C10H10BrClO. The van der Waals surface area contributed by atoms with Crippen molar-refractivity contribution in [2.45, 2.75) is 17.6 Å². The van der Waals surface area contributed by atoms with Crippen molar-refractivity contribution in [2.24, 2.45) is 0 Å². The summed E-state index contributed by atoms with van der Waals surface area (Å²) in [4.78, 5) is 11.0. The van der Waals surface area contributed by atoms with Gasteiger partial charge in [-0.05, 0) is 18.1 Å². The number of benzene rings is 1. The lowest BCUT2D eigenvalue weighted by molar-refractivity contribution is -0.116. The Hall–Kier alpha value is -0.340. The second kappa shape index (κ2) is 4.77. The van der Waals surface area contributed by atoms with Gasteiger partial charge in [0, 0.05) is 5.33 Å². The van der Waals surface area contributed by atoms with E-state index < -0.39 is 5.38 Å². The van der Waals surface area contributed by atoms with Crippen LogP contribution in [0.15, 0.2) is 24.3 Å². The molecule has 1 rings (SSSR count). The van der Waals surface area contributed by atoms with Crippen LogP contribution >= 0.6 is 27.5 Å². The molecule has 0 fully saturated rings. The second-order valence-corrected chi connectivity index (χ2v) is 3.85. The molecule has 0 aliphatic carbocycles. The maximum Gasteiger partial charge on any atom is 0.152 e. The summed E-state index contributed by atoms with van der Waals surface area (Å²) in [5.41, 5.74) is 2.04. The molecule has 13 heavy (non-hydrogen) atoms. The minimum Gasteiger partial charge on any atom is -0.298 e. The third-order valence-electron chi connectivity index (χ3n) is 1.78. The molecule has 3 heteroatoms. The van der Waals surface area contributed by atoms with Gasteiger partial charge in [-0.15, -0.1) is 11.6 Å². The van der Waals surface area contributed by atoms with Crippen LogP contribution in [0.3, 0.4) is 0 Å². The molecule has 0 spiro atoms. The van der Waals surface area contributed by atoms with Gasteiger partial charge in [-0.2, -0.15) is 0 Å². The van der Waals surface area contributed by atoms with Gasteiger partial charge in [0.2, 0.25) is 0 Å². The number of halogens is 2. The Bertz CT molecular complexity index is 294. The van der Waals surface area contributed by atoms with Gasteiger partial charge < -0.3 is 0 Å². The Labute approximate surface area is 91.2 Å². The fourth-order valence-electron chi connectivity index (χ4n) is 1.01. The minimum atomic E-state index is -0.510. The highest BCUT2D eigenvalue weighted by Gasteiger charge is 2.11. The van der Waals surface area contributed by atoms with E-state index in [1.165, 1.54) is 12.5 Å². The van der Waals surface area contributed by atoms with E-state index in [1.54, 1.807) is 0 Å². The molecular weight excluding hydrogens is 251 g/mol. The Morgan fingerprint density at radius 2 is 2.00 bits per heavy atom. The summed E-state index contributed by atoms with van der Waals surface area (Å²) in [6, 6.07) is 7.69. The van der Waals surface area contributed by atoms with Crippen molar-refractivity contribution in [3.05, 3.63) is 35.4 Å². The standard InChI is InChI=1S/C10H10BrClO/c1-7(13)10(12)9-4-2-8(6-11)3-5-9/h2-5,10H,6H2,1H3. The van der Waals surface area contributed by atoms with Crippen LogP contribution in [0.4, 0.5) is 0 Å². The van der Waals surface area contributed by atoms with Crippen molar-refractivity contribution in [3.8, 4) is 0 Å². The summed E-state index contributed by atoms with van der Waals surface area (Å²) in [5, 5.41) is 0.310. The fraction of sp³-hybridized carbons (Fsp3) is 0.300. The molecule has 0 aliphatic heterocycles. The third-order valence-corrected chi connectivity index (χ3v) is 2.99. The van der Waals surface area contributed by atoms with Gasteiger partial charge in [0.15, 0.2) is 5.78 Å². The Kier molecular flexibility index (Phi) is 3.94. The van der Waals surface area contributed by atoms with E-state index in [0.717, 1.165) is 10.9 Å². The van der Waals surface area contributed by atoms with Crippen LogP contribution < -0.4 is 0 Å². The SMILES string of the molecule is CC(=O)C(Cl)c1ccc(CBr)cc1. The molecule has 0 radical (unpaired) electrons. The molecule has 70 valence electrons. The van der Waals surface area contributed by atoms with E-state index in [2.05, 4.69) is 15.9 Å². The average Bonchev–Trinajstić information content (AvgIpc) is 2.17. The van der Waals surface area contributed by atoms with Crippen molar-refractivity contribution in [3.63, 3.8) is 0 Å². The van der Waals surface area contributed by atoms with Crippen LogP contribution in [0.25, 0.3) is 0 Å². The molecule has 0 aliphatic rings. The number of carbonyl (C=O) groups is 1. The van der Waals surface area contributed by atoms with E-state index in [4.69, 9.17) is 11.6 Å². The predicted octanol–water partition coefficient (Wildman–Crippen LogP) is 3.45. The molecule has 0 heterocycles. The zero-order chi connectivity index (χ0) is 9.84. The molecule has 0 saturated carbocycles. The number of alkyl halides is 2. The van der Waals surface area contributed by atoms with Gasteiger partial charge in [0.05, 0.1) is 0 Å². The lowest BCUT2D eigenvalue weighted by Crippen LogP contribution is -2.01. The number of Topliss-reactive ketones (excluding diaryl/α,β-unsaturated/α-hetero) is 1. The summed E-state index contributed by atoms with van der Waals surface area (Å²) in [5.74, 6) is -0.0201. The van der Waals surface area contributed by atoms with Crippen LogP contribution in [0.1, 0.15) is 23.4 Å². The van der Waals surface area contributed by atoms with Gasteiger partial charge in [-0.25, -0.2) is 0 Å². The van der Waals surface area contributed by atoms with Crippen LogP contribution in [0.2, 0.25) is 0 Å². The van der Waals surface area contributed by atoms with Gasteiger partial charge in [0.1, 0.15) is 5.38 Å². The van der Waals surface area contributed by atoms with Crippen LogP contribution in [-0.2, 0) is 10.1 Å². The summed E-state index contributed by atoms with van der Waals surface area (Å²) in [6.45, 7) is 1.50.